The summed E-state index contributed by atoms with van der Waals surface area (Å²) in [5.74, 6) is -0.953. The van der Waals surface area contributed by atoms with E-state index in [1.165, 1.54) is 0 Å². The molecule has 0 aromatic heterocycles. The lowest BCUT2D eigenvalue weighted by atomic mass is 10.2. The van der Waals surface area contributed by atoms with Gasteiger partial charge in [0.05, 0.1) is 11.3 Å². The fourth-order valence-corrected chi connectivity index (χ4v) is 1.60. The van der Waals surface area contributed by atoms with Crippen molar-refractivity contribution in [2.24, 2.45) is 0 Å². The molecule has 2 rings (SSSR count). The molecule has 21 heavy (non-hydrogen) atoms. The number of anilines is 2. The number of nitrogens with one attached hydrogen (secondary N) is 2. The molecule has 3 nitrogen and oxygen atoms in total. The van der Waals surface area contributed by atoms with Crippen LogP contribution in [0.15, 0.2) is 48.5 Å². The van der Waals surface area contributed by atoms with E-state index in [4.69, 9.17) is 0 Å². The second-order valence-corrected chi connectivity index (χ2v) is 4.14. The van der Waals surface area contributed by atoms with Crippen molar-refractivity contribution < 1.29 is 22.4 Å². The number of hydrogen-bond donors (Lipinski definition) is 2. The summed E-state index contributed by atoms with van der Waals surface area (Å²) in [6.07, 6.45) is -4.61. The van der Waals surface area contributed by atoms with Gasteiger partial charge in [-0.05, 0) is 30.3 Å². The smallest absolute Gasteiger partial charge is 0.308 e. The molecule has 0 spiro atoms. The molecule has 2 amide bonds. The van der Waals surface area contributed by atoms with E-state index in [1.54, 1.807) is 30.3 Å². The molecule has 0 aliphatic carbocycles. The molecule has 0 saturated heterocycles. The first-order valence-corrected chi connectivity index (χ1v) is 5.86. The van der Waals surface area contributed by atoms with Crippen molar-refractivity contribution in [2.75, 3.05) is 10.6 Å². The van der Waals surface area contributed by atoms with Gasteiger partial charge in [-0.3, -0.25) is 0 Å². The summed E-state index contributed by atoms with van der Waals surface area (Å²) >= 11 is 0. The van der Waals surface area contributed by atoms with Gasteiger partial charge in [0.1, 0.15) is 5.82 Å². The second kappa shape index (κ2) is 5.82. The monoisotopic (exact) mass is 298 g/mol. The van der Waals surface area contributed by atoms with E-state index in [0.29, 0.717) is 23.9 Å². The molecular weight excluding hydrogens is 288 g/mol. The van der Waals surface area contributed by atoms with Crippen LogP contribution >= 0.6 is 0 Å². The van der Waals surface area contributed by atoms with Crippen LogP contribution in [0.4, 0.5) is 33.7 Å². The molecule has 2 aromatic rings. The van der Waals surface area contributed by atoms with Crippen molar-refractivity contribution in [2.45, 2.75) is 6.18 Å². The highest BCUT2D eigenvalue weighted by Gasteiger charge is 2.31. The predicted octanol–water partition coefficient (Wildman–Crippen LogP) is 4.49. The number of para-hydroxylation sites is 1. The highest BCUT2D eigenvalue weighted by atomic mass is 19.4. The van der Waals surface area contributed by atoms with Crippen LogP contribution in [-0.2, 0) is 6.18 Å². The fourth-order valence-electron chi connectivity index (χ4n) is 1.60. The van der Waals surface area contributed by atoms with Crippen LogP contribution in [0.3, 0.4) is 0 Å². The molecule has 2 N–H and O–H groups in total. The molecule has 0 saturated carbocycles. The highest BCUT2D eigenvalue weighted by Crippen LogP contribution is 2.31. The van der Waals surface area contributed by atoms with E-state index in [2.05, 4.69) is 5.32 Å². The van der Waals surface area contributed by atoms with Gasteiger partial charge in [-0.15, -0.1) is 0 Å². The molecule has 0 aliphatic heterocycles. The first-order chi connectivity index (χ1) is 9.86. The highest BCUT2D eigenvalue weighted by molar-refractivity contribution is 5.99. The van der Waals surface area contributed by atoms with E-state index < -0.39 is 29.3 Å². The Hall–Kier alpha value is -2.57. The van der Waals surface area contributed by atoms with Crippen molar-refractivity contribution in [3.63, 3.8) is 0 Å². The third-order valence-electron chi connectivity index (χ3n) is 2.57. The third-order valence-corrected chi connectivity index (χ3v) is 2.57. The lowest BCUT2D eigenvalue weighted by Crippen LogP contribution is -2.20. The first kappa shape index (κ1) is 14.8. The van der Waals surface area contributed by atoms with Gasteiger partial charge in [0.2, 0.25) is 0 Å². The van der Waals surface area contributed by atoms with Gasteiger partial charge in [-0.25, -0.2) is 9.18 Å². The number of carbonyl (C=O) groups excluding carboxylic acids is 1. The van der Waals surface area contributed by atoms with Gasteiger partial charge >= 0.3 is 12.2 Å². The standard InChI is InChI=1S/C14H10F4N2O/c15-11-7-6-9(14(16,17)18)8-12(11)20-13(21)19-10-4-2-1-3-5-10/h1-8H,(H2,19,20,21). The van der Waals surface area contributed by atoms with Crippen molar-refractivity contribution >= 4 is 17.4 Å². The predicted molar refractivity (Wildman–Crippen MR) is 70.5 cm³/mol. The zero-order chi connectivity index (χ0) is 15.5. The number of benzene rings is 2. The van der Waals surface area contributed by atoms with Gasteiger partial charge in [0.25, 0.3) is 0 Å². The Morgan fingerprint density at radius 3 is 2.24 bits per heavy atom. The minimum atomic E-state index is -4.61. The average molecular weight is 298 g/mol. The molecule has 7 heteroatoms. The number of hydrogen-bond acceptors (Lipinski definition) is 1. The lowest BCUT2D eigenvalue weighted by molar-refractivity contribution is -0.137. The molecule has 0 fully saturated rings. The maximum atomic E-state index is 13.4. The zero-order valence-electron chi connectivity index (χ0n) is 10.5. The van der Waals surface area contributed by atoms with E-state index in [9.17, 15) is 22.4 Å². The van der Waals surface area contributed by atoms with Crippen molar-refractivity contribution in [1.29, 1.82) is 0 Å². The van der Waals surface area contributed by atoms with E-state index in [0.717, 1.165) is 0 Å². The average Bonchev–Trinajstić information content (AvgIpc) is 2.41. The number of amides is 2. The van der Waals surface area contributed by atoms with E-state index >= 15 is 0 Å². The maximum absolute atomic E-state index is 13.4. The second-order valence-electron chi connectivity index (χ2n) is 4.14. The van der Waals surface area contributed by atoms with Crippen LogP contribution < -0.4 is 10.6 Å². The van der Waals surface area contributed by atoms with Crippen LogP contribution in [-0.4, -0.2) is 6.03 Å². The molecule has 110 valence electrons. The largest absolute Gasteiger partial charge is 0.416 e. The summed E-state index contributed by atoms with van der Waals surface area (Å²) in [7, 11) is 0. The minimum Gasteiger partial charge on any atom is -0.308 e. The van der Waals surface area contributed by atoms with Crippen LogP contribution in [0.5, 0.6) is 0 Å². The Labute approximate surface area is 117 Å². The first-order valence-electron chi connectivity index (χ1n) is 5.86. The van der Waals surface area contributed by atoms with Gasteiger partial charge < -0.3 is 10.6 Å². The topological polar surface area (TPSA) is 41.1 Å². The van der Waals surface area contributed by atoms with Crippen molar-refractivity contribution in [3.8, 4) is 0 Å². The Kier molecular flexibility index (Phi) is 4.11. The number of halogens is 4. The fraction of sp³-hybridized carbons (Fsp3) is 0.0714. The Morgan fingerprint density at radius 1 is 0.952 bits per heavy atom. The van der Waals surface area contributed by atoms with Crippen LogP contribution in [0.1, 0.15) is 5.56 Å². The molecule has 0 heterocycles. The Morgan fingerprint density at radius 2 is 1.62 bits per heavy atom. The van der Waals surface area contributed by atoms with Gasteiger partial charge in [0, 0.05) is 5.69 Å². The van der Waals surface area contributed by atoms with Gasteiger partial charge in [0.15, 0.2) is 0 Å². The summed E-state index contributed by atoms with van der Waals surface area (Å²) in [4.78, 5) is 11.6. The Bertz CT molecular complexity index is 641. The van der Waals surface area contributed by atoms with Crippen LogP contribution in [0, 0.1) is 5.82 Å². The van der Waals surface area contributed by atoms with E-state index in [-0.39, 0.29) is 0 Å². The SMILES string of the molecule is O=C(Nc1ccccc1)Nc1cc(C(F)(F)F)ccc1F. The quantitative estimate of drug-likeness (QED) is 0.788. The molecular formula is C14H10F4N2O. The van der Waals surface area contributed by atoms with E-state index in [1.807, 2.05) is 5.32 Å². The maximum Gasteiger partial charge on any atom is 0.416 e. The number of carbonyl (C=O) groups is 1. The molecule has 0 bridgehead atoms. The summed E-state index contributed by atoms with van der Waals surface area (Å²) in [6.45, 7) is 0. The minimum absolute atomic E-state index is 0.433. The number of alkyl halides is 3. The molecule has 2 aromatic carbocycles. The van der Waals surface area contributed by atoms with Gasteiger partial charge in [-0.2, -0.15) is 13.2 Å². The summed E-state index contributed by atoms with van der Waals surface area (Å²) in [5.41, 5.74) is -1.15. The Balaban J connectivity index is 2.14. The van der Waals surface area contributed by atoms with Crippen molar-refractivity contribution in [3.05, 3.63) is 59.9 Å². The number of rotatable bonds is 2. The summed E-state index contributed by atoms with van der Waals surface area (Å²) < 4.78 is 51.0. The molecule has 0 aliphatic rings. The summed E-state index contributed by atoms with van der Waals surface area (Å²) in [6, 6.07) is 9.20. The zero-order valence-corrected chi connectivity index (χ0v) is 10.5. The molecule has 0 unspecified atom stereocenters. The van der Waals surface area contributed by atoms with Crippen LogP contribution in [0.2, 0.25) is 0 Å². The number of urea groups is 1. The third kappa shape index (κ3) is 3.95. The van der Waals surface area contributed by atoms with Gasteiger partial charge in [-0.1, -0.05) is 18.2 Å². The lowest BCUT2D eigenvalue weighted by Gasteiger charge is -2.11. The normalized spacial score (nSPS) is 11.0. The van der Waals surface area contributed by atoms with Crippen molar-refractivity contribution in [1.82, 2.24) is 0 Å². The molecule has 0 atom stereocenters. The molecule has 0 radical (unpaired) electrons. The van der Waals surface area contributed by atoms with Crippen LogP contribution in [0.25, 0.3) is 0 Å². The summed E-state index contributed by atoms with van der Waals surface area (Å²) in [5, 5.41) is 4.42.